The fraction of sp³-hybridized carbons (Fsp3) is 0.471. The number of carbonyl (C=O) groups is 1. The molecule has 212 valence electrons. The molecule has 1 N–H and O–H groups in total. The Kier molecular flexibility index (Phi) is 9.68. The highest BCUT2D eigenvalue weighted by molar-refractivity contribution is 7.97. The lowest BCUT2D eigenvalue weighted by Gasteiger charge is -2.34. The van der Waals surface area contributed by atoms with E-state index >= 15 is 0 Å². The van der Waals surface area contributed by atoms with Crippen LogP contribution in [0.2, 0.25) is 0 Å². The molecule has 1 unspecified atom stereocenters. The summed E-state index contributed by atoms with van der Waals surface area (Å²) in [6, 6.07) is 2.30. The second-order valence-electron chi connectivity index (χ2n) is 6.82. The number of ether oxygens (including phenoxy) is 2. The topological polar surface area (TPSA) is 131 Å². The number of sulfonamides is 2. The lowest BCUT2D eigenvalue weighted by molar-refractivity contribution is -0.556. The number of unbranched alkanes of at least 4 members (excludes halogenated alkanes) is 1. The van der Waals surface area contributed by atoms with E-state index in [1.807, 2.05) is 0 Å². The van der Waals surface area contributed by atoms with E-state index in [1.54, 1.807) is 0 Å². The third-order valence-electron chi connectivity index (χ3n) is 4.24. The lowest BCUT2D eigenvalue weighted by atomic mass is 10.1. The Morgan fingerprint density at radius 3 is 1.84 bits per heavy atom. The minimum atomic E-state index is -7.85. The van der Waals surface area contributed by atoms with Crippen molar-refractivity contribution < 1.29 is 74.5 Å². The van der Waals surface area contributed by atoms with Gasteiger partial charge in [-0.15, -0.1) is 0 Å². The van der Waals surface area contributed by atoms with Crippen molar-refractivity contribution >= 4 is 26.0 Å². The summed E-state index contributed by atoms with van der Waals surface area (Å²) in [5.74, 6) is -16.3. The van der Waals surface area contributed by atoms with Crippen molar-refractivity contribution in [3.8, 4) is 5.75 Å². The first-order valence-electron chi connectivity index (χ1n) is 9.35. The van der Waals surface area contributed by atoms with Crippen LogP contribution >= 0.6 is 0 Å². The largest absolute Gasteiger partial charge is 0.602 e. The molecule has 1 aromatic carbocycles. The van der Waals surface area contributed by atoms with E-state index < -0.39 is 58.1 Å². The molecule has 0 aliphatic carbocycles. The Morgan fingerprint density at radius 2 is 1.38 bits per heavy atom. The van der Waals surface area contributed by atoms with Crippen molar-refractivity contribution in [1.29, 1.82) is 0 Å². The average Bonchev–Trinajstić information content (AvgIpc) is 2.79. The van der Waals surface area contributed by atoms with Gasteiger partial charge in [-0.2, -0.15) is 60.2 Å². The third-order valence-corrected chi connectivity index (χ3v) is 8.26. The number of hydrogen-bond acceptors (Lipinski definition) is 8. The third kappa shape index (κ3) is 6.29. The SMILES string of the molecule is C=CC(=O)OCCCCOc1ccc(S(=O)(=O)[NH+]([O-])S(=O)(=O)C(F)(F)C(F)(F)C(F)(F)C(F)(F)F)cc1. The minimum absolute atomic E-state index is 0.000558. The maximum atomic E-state index is 13.8. The van der Waals surface area contributed by atoms with E-state index in [0.717, 1.165) is 18.2 Å². The monoisotopic (exact) mass is 597 g/mol. The first-order valence-corrected chi connectivity index (χ1v) is 12.3. The lowest BCUT2D eigenvalue weighted by Crippen LogP contribution is -3.13. The summed E-state index contributed by atoms with van der Waals surface area (Å²) in [6.07, 6.45) is -5.88. The van der Waals surface area contributed by atoms with Gasteiger partial charge in [-0.05, 0) is 37.1 Å². The van der Waals surface area contributed by atoms with Crippen molar-refractivity contribution in [2.75, 3.05) is 13.2 Å². The predicted octanol–water partition coefficient (Wildman–Crippen LogP) is 2.40. The molecule has 20 heteroatoms. The quantitative estimate of drug-likeness (QED) is 0.121. The van der Waals surface area contributed by atoms with Gasteiger partial charge in [0.2, 0.25) is 0 Å². The van der Waals surface area contributed by atoms with Crippen LogP contribution in [0.4, 0.5) is 39.5 Å². The Balaban J connectivity index is 3.07. The second kappa shape index (κ2) is 11.0. The molecule has 0 spiro atoms. The summed E-state index contributed by atoms with van der Waals surface area (Å²) in [7, 11) is -14.0. The van der Waals surface area contributed by atoms with E-state index in [9.17, 15) is 66.4 Å². The molecule has 0 radical (unpaired) electrons. The van der Waals surface area contributed by atoms with E-state index in [-0.39, 0.29) is 25.4 Å². The molecule has 37 heavy (non-hydrogen) atoms. The number of hydrogen-bond donors (Lipinski definition) is 1. The molecule has 1 atom stereocenters. The summed E-state index contributed by atoms with van der Waals surface area (Å²) in [6.45, 7) is 3.11. The molecule has 9 nitrogen and oxygen atoms in total. The maximum Gasteiger partial charge on any atom is 0.465 e. The first-order chi connectivity index (χ1) is 16.6. The van der Waals surface area contributed by atoms with Crippen molar-refractivity contribution in [1.82, 2.24) is 0 Å². The normalized spacial score (nSPS) is 14.6. The molecule has 0 fully saturated rings. The highest BCUT2D eigenvalue weighted by Crippen LogP contribution is 2.54. The summed E-state index contributed by atoms with van der Waals surface area (Å²) in [5, 5.41) is 4.30. The fourth-order valence-electron chi connectivity index (χ4n) is 2.22. The van der Waals surface area contributed by atoms with Crippen LogP contribution in [0.15, 0.2) is 41.8 Å². The van der Waals surface area contributed by atoms with Crippen LogP contribution in [0.25, 0.3) is 0 Å². The van der Waals surface area contributed by atoms with Gasteiger partial charge < -0.3 is 14.7 Å². The maximum absolute atomic E-state index is 13.8. The van der Waals surface area contributed by atoms with Gasteiger partial charge in [0.15, 0.2) is 0 Å². The number of carbonyl (C=O) groups excluding carboxylic acids is 1. The standard InChI is InChI=1S/C17H16F9NO8S2/c1-2-13(28)35-10-4-3-9-34-11-5-7-12(8-6-11)36(30,31)27(29)37(32,33)17(25,26)15(20,21)14(18,19)16(22,23)24/h2,5-8,27H,1,3-4,9-10H2. The van der Waals surface area contributed by atoms with Crippen LogP contribution in [-0.2, 0) is 29.6 Å². The van der Waals surface area contributed by atoms with Gasteiger partial charge in [-0.25, -0.2) is 4.79 Å². The van der Waals surface area contributed by atoms with Crippen LogP contribution in [0.3, 0.4) is 0 Å². The van der Waals surface area contributed by atoms with Gasteiger partial charge in [0.25, 0.3) is 0 Å². The average molecular weight is 597 g/mol. The minimum Gasteiger partial charge on any atom is -0.602 e. The molecule has 0 bridgehead atoms. The number of alkyl halides is 9. The van der Waals surface area contributed by atoms with Crippen molar-refractivity contribution in [2.24, 2.45) is 0 Å². The van der Waals surface area contributed by atoms with Crippen molar-refractivity contribution in [3.05, 3.63) is 42.1 Å². The van der Waals surface area contributed by atoms with Crippen LogP contribution in [0, 0.1) is 5.21 Å². The summed E-state index contributed by atoms with van der Waals surface area (Å²) < 4.78 is 171. The Bertz CT molecular complexity index is 1180. The van der Waals surface area contributed by atoms with Gasteiger partial charge in [0.1, 0.15) is 10.6 Å². The molecule has 0 saturated heterocycles. The molecule has 0 saturated carbocycles. The number of rotatable bonds is 13. The molecule has 1 aromatic rings. The Hall–Kier alpha value is -2.58. The number of esters is 1. The fourth-order valence-corrected chi connectivity index (χ4v) is 5.34. The molecule has 0 aliphatic heterocycles. The van der Waals surface area contributed by atoms with Crippen molar-refractivity contribution in [3.63, 3.8) is 0 Å². The van der Waals surface area contributed by atoms with E-state index in [4.69, 9.17) is 4.74 Å². The Morgan fingerprint density at radius 1 is 0.892 bits per heavy atom. The molecule has 0 heterocycles. The smallest absolute Gasteiger partial charge is 0.465 e. The first kappa shape index (κ1) is 32.4. The van der Waals surface area contributed by atoms with E-state index in [1.165, 1.54) is 0 Å². The van der Waals surface area contributed by atoms with Crippen molar-refractivity contribution in [2.45, 2.75) is 41.0 Å². The molecule has 0 amide bonds. The number of benzene rings is 1. The van der Waals surface area contributed by atoms with Gasteiger partial charge in [0.05, 0.1) is 13.2 Å². The molecular weight excluding hydrogens is 581 g/mol. The second-order valence-corrected chi connectivity index (χ2v) is 10.8. The van der Waals surface area contributed by atoms with Crippen LogP contribution in [0.1, 0.15) is 12.8 Å². The van der Waals surface area contributed by atoms with Gasteiger partial charge in [-0.3, -0.25) is 0 Å². The molecule has 0 aromatic heterocycles. The summed E-state index contributed by atoms with van der Waals surface area (Å²) >= 11 is 0. The number of halogens is 9. The van der Waals surface area contributed by atoms with Gasteiger partial charge in [-0.1, -0.05) is 6.58 Å². The number of nitrogens with one attached hydrogen (secondary N) is 1. The highest BCUT2D eigenvalue weighted by Gasteiger charge is 2.87. The van der Waals surface area contributed by atoms with Crippen LogP contribution in [-0.4, -0.2) is 59.3 Å². The van der Waals surface area contributed by atoms with Crippen LogP contribution < -0.4 is 8.61 Å². The zero-order valence-electron chi connectivity index (χ0n) is 17.9. The summed E-state index contributed by atoms with van der Waals surface area (Å²) in [5.41, 5.74) is 0. The Labute approximate surface area is 203 Å². The molecule has 0 aliphatic rings. The predicted molar refractivity (Wildman–Crippen MR) is 104 cm³/mol. The highest BCUT2D eigenvalue weighted by atomic mass is 32.3. The van der Waals surface area contributed by atoms with Crippen LogP contribution in [0.5, 0.6) is 5.75 Å². The molecule has 1 rings (SSSR count). The summed E-state index contributed by atoms with van der Waals surface area (Å²) in [4.78, 5) is 9.43. The number of quaternary nitrogens is 1. The van der Waals surface area contributed by atoms with E-state index in [0.29, 0.717) is 18.6 Å². The molecular formula is C17H16F9NO8S2. The van der Waals surface area contributed by atoms with Gasteiger partial charge in [0, 0.05) is 6.08 Å². The zero-order chi connectivity index (χ0) is 29.1. The zero-order valence-corrected chi connectivity index (χ0v) is 19.5. The van der Waals surface area contributed by atoms with E-state index in [2.05, 4.69) is 11.3 Å². The van der Waals surface area contributed by atoms with Gasteiger partial charge >= 0.3 is 49.3 Å².